The molecule has 12 heavy (non-hydrogen) atoms. The number of nitrogens with zero attached hydrogens (tertiary/aromatic N) is 1. The zero-order chi connectivity index (χ0) is 8.97. The van der Waals surface area contributed by atoms with Gasteiger partial charge in [-0.25, -0.2) is 10.3 Å². The molecular weight excluding hydrogens is 159 g/mol. The van der Waals surface area contributed by atoms with Crippen molar-refractivity contribution in [2.45, 2.75) is 6.61 Å². The van der Waals surface area contributed by atoms with E-state index in [1.807, 2.05) is 6.07 Å². The Balaban J connectivity index is 3.06. The molecule has 4 heteroatoms. The van der Waals surface area contributed by atoms with Crippen LogP contribution in [-0.2, 0) is 11.4 Å². The van der Waals surface area contributed by atoms with Crippen molar-refractivity contribution in [2.24, 2.45) is 5.90 Å². The molecule has 0 fully saturated rings. The number of halogens is 1. The lowest BCUT2D eigenvalue weighted by Gasteiger charge is -2.00. The highest BCUT2D eigenvalue weighted by atomic mass is 19.1. The fourth-order valence-corrected chi connectivity index (χ4v) is 0.881. The molecule has 0 aliphatic heterocycles. The Morgan fingerprint density at radius 1 is 1.58 bits per heavy atom. The SMILES string of the molecule is N#Cc1ccc(F)cc1CON. The number of nitriles is 1. The van der Waals surface area contributed by atoms with Crippen LogP contribution < -0.4 is 5.90 Å². The van der Waals surface area contributed by atoms with E-state index in [0.717, 1.165) is 0 Å². The van der Waals surface area contributed by atoms with Crippen LogP contribution in [0.4, 0.5) is 4.39 Å². The van der Waals surface area contributed by atoms with Crippen molar-refractivity contribution in [3.05, 3.63) is 35.1 Å². The van der Waals surface area contributed by atoms with E-state index in [0.29, 0.717) is 11.1 Å². The van der Waals surface area contributed by atoms with Gasteiger partial charge in [-0.2, -0.15) is 5.26 Å². The fraction of sp³-hybridized carbons (Fsp3) is 0.125. The third-order valence-corrected chi connectivity index (χ3v) is 1.43. The third-order valence-electron chi connectivity index (χ3n) is 1.43. The van der Waals surface area contributed by atoms with E-state index in [1.54, 1.807) is 0 Å². The summed E-state index contributed by atoms with van der Waals surface area (Å²) in [7, 11) is 0. The topological polar surface area (TPSA) is 59.0 Å². The number of hydrogen-bond donors (Lipinski definition) is 1. The zero-order valence-electron chi connectivity index (χ0n) is 6.25. The van der Waals surface area contributed by atoms with Gasteiger partial charge >= 0.3 is 0 Å². The van der Waals surface area contributed by atoms with Gasteiger partial charge in [-0.3, -0.25) is 4.84 Å². The van der Waals surface area contributed by atoms with Gasteiger partial charge in [0.15, 0.2) is 0 Å². The quantitative estimate of drug-likeness (QED) is 0.669. The zero-order valence-corrected chi connectivity index (χ0v) is 6.25. The Bertz CT molecular complexity index is 319. The van der Waals surface area contributed by atoms with Crippen LogP contribution in [-0.4, -0.2) is 0 Å². The summed E-state index contributed by atoms with van der Waals surface area (Å²) >= 11 is 0. The maximum Gasteiger partial charge on any atom is 0.123 e. The maximum absolute atomic E-state index is 12.6. The molecule has 0 aliphatic carbocycles. The molecule has 0 amide bonds. The van der Waals surface area contributed by atoms with E-state index >= 15 is 0 Å². The molecule has 1 aromatic rings. The summed E-state index contributed by atoms with van der Waals surface area (Å²) in [6, 6.07) is 5.75. The molecule has 0 saturated heterocycles. The van der Waals surface area contributed by atoms with Crippen LogP contribution in [0.15, 0.2) is 18.2 Å². The van der Waals surface area contributed by atoms with E-state index < -0.39 is 5.82 Å². The van der Waals surface area contributed by atoms with Crippen LogP contribution in [0, 0.1) is 17.1 Å². The first-order valence-corrected chi connectivity index (χ1v) is 3.28. The minimum absolute atomic E-state index is 0.0423. The van der Waals surface area contributed by atoms with Gasteiger partial charge in [0.05, 0.1) is 18.2 Å². The normalized spacial score (nSPS) is 9.42. The summed E-state index contributed by atoms with van der Waals surface area (Å²) in [6.07, 6.45) is 0. The first-order valence-electron chi connectivity index (χ1n) is 3.28. The van der Waals surface area contributed by atoms with Gasteiger partial charge in [0, 0.05) is 5.56 Å². The summed E-state index contributed by atoms with van der Waals surface area (Å²) in [4.78, 5) is 4.31. The molecule has 0 unspecified atom stereocenters. The van der Waals surface area contributed by atoms with Crippen LogP contribution in [0.1, 0.15) is 11.1 Å². The highest BCUT2D eigenvalue weighted by Crippen LogP contribution is 2.10. The Morgan fingerprint density at radius 3 is 2.92 bits per heavy atom. The minimum atomic E-state index is -0.402. The van der Waals surface area contributed by atoms with E-state index in [2.05, 4.69) is 4.84 Å². The monoisotopic (exact) mass is 166 g/mol. The summed E-state index contributed by atoms with van der Waals surface area (Å²) in [5.41, 5.74) is 0.835. The lowest BCUT2D eigenvalue weighted by atomic mass is 10.1. The second-order valence-corrected chi connectivity index (χ2v) is 2.22. The van der Waals surface area contributed by atoms with Crippen LogP contribution in [0.3, 0.4) is 0 Å². The van der Waals surface area contributed by atoms with Gasteiger partial charge in [-0.1, -0.05) is 0 Å². The average Bonchev–Trinajstić information content (AvgIpc) is 2.05. The Labute approximate surface area is 69.1 Å². The van der Waals surface area contributed by atoms with Gasteiger partial charge in [0.1, 0.15) is 5.82 Å². The average molecular weight is 166 g/mol. The summed E-state index contributed by atoms with van der Waals surface area (Å²) in [6.45, 7) is 0.0423. The molecule has 0 spiro atoms. The first-order chi connectivity index (χ1) is 5.77. The summed E-state index contributed by atoms with van der Waals surface area (Å²) < 4.78 is 12.6. The summed E-state index contributed by atoms with van der Waals surface area (Å²) in [5, 5.41) is 8.57. The van der Waals surface area contributed by atoms with Crippen LogP contribution in [0.25, 0.3) is 0 Å². The molecule has 0 saturated carbocycles. The lowest BCUT2D eigenvalue weighted by molar-refractivity contribution is 0.123. The molecular formula is C8H7FN2O. The van der Waals surface area contributed by atoms with Crippen molar-refractivity contribution in [1.82, 2.24) is 0 Å². The molecule has 0 aromatic heterocycles. The molecule has 1 aromatic carbocycles. The van der Waals surface area contributed by atoms with E-state index in [-0.39, 0.29) is 6.61 Å². The van der Waals surface area contributed by atoms with Crippen LogP contribution in [0.5, 0.6) is 0 Å². The molecule has 2 N–H and O–H groups in total. The van der Waals surface area contributed by atoms with E-state index in [9.17, 15) is 4.39 Å². The van der Waals surface area contributed by atoms with Crippen molar-refractivity contribution in [3.8, 4) is 6.07 Å². The number of rotatable bonds is 2. The van der Waals surface area contributed by atoms with Crippen molar-refractivity contribution < 1.29 is 9.23 Å². The Hall–Kier alpha value is -1.44. The molecule has 3 nitrogen and oxygen atoms in total. The predicted molar refractivity (Wildman–Crippen MR) is 40.1 cm³/mol. The van der Waals surface area contributed by atoms with E-state index in [4.69, 9.17) is 11.2 Å². The molecule has 62 valence electrons. The fourth-order valence-electron chi connectivity index (χ4n) is 0.881. The van der Waals surface area contributed by atoms with Crippen molar-refractivity contribution in [3.63, 3.8) is 0 Å². The first kappa shape index (κ1) is 8.65. The van der Waals surface area contributed by atoms with Gasteiger partial charge in [0.25, 0.3) is 0 Å². The lowest BCUT2D eigenvalue weighted by Crippen LogP contribution is -2.01. The van der Waals surface area contributed by atoms with Crippen molar-refractivity contribution >= 4 is 0 Å². The predicted octanol–water partition coefficient (Wildman–Crippen LogP) is 1.09. The van der Waals surface area contributed by atoms with E-state index in [1.165, 1.54) is 18.2 Å². The smallest absolute Gasteiger partial charge is 0.123 e. The molecule has 0 radical (unpaired) electrons. The molecule has 0 bridgehead atoms. The molecule has 0 aliphatic rings. The van der Waals surface area contributed by atoms with Crippen molar-refractivity contribution in [2.75, 3.05) is 0 Å². The standard InChI is InChI=1S/C8H7FN2O/c9-8-2-1-6(4-10)7(3-8)5-12-11/h1-3H,5,11H2. The Kier molecular flexibility index (Phi) is 2.75. The Morgan fingerprint density at radius 2 is 2.33 bits per heavy atom. The number of nitrogens with two attached hydrogens (primary N) is 1. The second kappa shape index (κ2) is 3.81. The third kappa shape index (κ3) is 1.78. The van der Waals surface area contributed by atoms with Gasteiger partial charge in [-0.15, -0.1) is 0 Å². The number of benzene rings is 1. The second-order valence-electron chi connectivity index (χ2n) is 2.22. The highest BCUT2D eigenvalue weighted by molar-refractivity contribution is 5.37. The van der Waals surface area contributed by atoms with Crippen molar-refractivity contribution in [1.29, 1.82) is 5.26 Å². The minimum Gasteiger partial charge on any atom is -0.300 e. The van der Waals surface area contributed by atoms with Crippen LogP contribution >= 0.6 is 0 Å². The van der Waals surface area contributed by atoms with Crippen LogP contribution in [0.2, 0.25) is 0 Å². The van der Waals surface area contributed by atoms with Gasteiger partial charge in [-0.05, 0) is 18.2 Å². The molecule has 0 heterocycles. The number of hydrogen-bond acceptors (Lipinski definition) is 3. The van der Waals surface area contributed by atoms with Gasteiger partial charge in [0.2, 0.25) is 0 Å². The van der Waals surface area contributed by atoms with Gasteiger partial charge < -0.3 is 0 Å². The largest absolute Gasteiger partial charge is 0.300 e. The molecule has 1 rings (SSSR count). The maximum atomic E-state index is 12.6. The summed E-state index contributed by atoms with van der Waals surface area (Å²) in [5.74, 6) is 4.40. The molecule has 0 atom stereocenters. The highest BCUT2D eigenvalue weighted by Gasteiger charge is 2.02.